The Bertz CT molecular complexity index is 1910. The average molecular weight is 846 g/mol. The highest BCUT2D eigenvalue weighted by atomic mass is 16.8. The lowest BCUT2D eigenvalue weighted by Crippen LogP contribution is -2.81. The molecule has 0 aromatic heterocycles. The first kappa shape index (κ1) is 46.5. The summed E-state index contributed by atoms with van der Waals surface area (Å²) in [7, 11) is 1.06. The van der Waals surface area contributed by atoms with Crippen molar-refractivity contribution in [2.75, 3.05) is 13.7 Å². The fourth-order valence-corrected chi connectivity index (χ4v) is 9.51. The maximum absolute atomic E-state index is 15.4. The maximum Gasteiger partial charge on any atom is 0.508 e. The molecule has 17 heteroatoms. The lowest BCUT2D eigenvalue weighted by molar-refractivity contribution is -0.343. The van der Waals surface area contributed by atoms with Gasteiger partial charge in [-0.15, -0.1) is 0 Å². The number of hydrogen-bond donors (Lipinski definition) is 4. The quantitative estimate of drug-likeness (QED) is 0.214. The number of aliphatic hydroxyl groups is 3. The van der Waals surface area contributed by atoms with Gasteiger partial charge in [0.1, 0.15) is 29.5 Å². The first-order chi connectivity index (χ1) is 27.6. The molecule has 1 amide bonds. The van der Waals surface area contributed by atoms with E-state index in [9.17, 15) is 39.3 Å². The molecule has 3 fully saturated rings. The molecule has 4 unspecified atom stereocenters. The Labute approximate surface area is 349 Å². The van der Waals surface area contributed by atoms with E-state index in [0.717, 1.165) is 14.0 Å². The van der Waals surface area contributed by atoms with E-state index in [2.05, 4.69) is 5.32 Å². The number of hydrogen-bond acceptors (Lipinski definition) is 16. The number of aliphatic hydroxyl groups excluding tert-OH is 2. The Kier molecular flexibility index (Phi) is 12.4. The van der Waals surface area contributed by atoms with E-state index in [-0.39, 0.29) is 24.2 Å². The van der Waals surface area contributed by atoms with Crippen LogP contribution in [0.1, 0.15) is 99.4 Å². The molecular weight excluding hydrogens is 786 g/mol. The smallest absolute Gasteiger partial charge is 0.460 e. The molecule has 2 saturated carbocycles. The number of fused-ring (bicyclic) bond motifs is 5. The second-order valence-corrected chi connectivity index (χ2v) is 19.1. The predicted molar refractivity (Wildman–Crippen MR) is 209 cm³/mol. The summed E-state index contributed by atoms with van der Waals surface area (Å²) in [6.45, 7) is 16.6. The van der Waals surface area contributed by atoms with Crippen molar-refractivity contribution in [2.24, 2.45) is 28.1 Å². The molecule has 4 N–H and O–H groups in total. The van der Waals surface area contributed by atoms with Crippen LogP contribution < -0.4 is 5.32 Å². The van der Waals surface area contributed by atoms with Gasteiger partial charge in [-0.1, -0.05) is 59.7 Å². The lowest BCUT2D eigenvalue weighted by atomic mass is 9.45. The van der Waals surface area contributed by atoms with Crippen LogP contribution in [-0.4, -0.2) is 118 Å². The first-order valence-electron chi connectivity index (χ1n) is 20.0. The van der Waals surface area contributed by atoms with E-state index < -0.39 is 130 Å². The van der Waals surface area contributed by atoms with E-state index in [1.807, 2.05) is 0 Å². The van der Waals surface area contributed by atoms with Gasteiger partial charge in [0.05, 0.1) is 42.8 Å². The number of Topliss-reactive ketones (excluding diaryl/α,β-unsaturated/α-hetero) is 1. The van der Waals surface area contributed by atoms with Crippen molar-refractivity contribution in [1.82, 2.24) is 5.32 Å². The third-order valence-electron chi connectivity index (χ3n) is 12.7. The van der Waals surface area contributed by atoms with Crippen LogP contribution in [0.15, 0.2) is 41.7 Å². The molecule has 2 bridgehead atoms. The predicted octanol–water partition coefficient (Wildman–Crippen LogP) is 3.93. The number of methoxy groups -OCH3 is 1. The minimum atomic E-state index is -2.42. The SMILES string of the molecule is COC(=O)O[C@@]12COC1C[C@H](O)[C@@]1(C)C(=O)C(OC(C)=O)=C3C(C)[C@@H](OC(=O)[C@H](O)[C@@H](NC(=O)OC(C)(C)C)C(C)(C)C)C[C@@](O)(C(OC(=O)c4ccccc4)C21)C3(C)C. The summed E-state index contributed by atoms with van der Waals surface area (Å²) in [5.74, 6) is -7.32. The summed E-state index contributed by atoms with van der Waals surface area (Å²) in [5.41, 5.74) is -9.96. The zero-order valence-electron chi connectivity index (χ0n) is 36.3. The van der Waals surface area contributed by atoms with Gasteiger partial charge in [-0.05, 0) is 50.8 Å². The van der Waals surface area contributed by atoms with Crippen LogP contribution in [0.25, 0.3) is 0 Å². The highest BCUT2D eigenvalue weighted by Gasteiger charge is 2.78. The van der Waals surface area contributed by atoms with Crippen LogP contribution >= 0.6 is 0 Å². The molecule has 1 aromatic carbocycles. The molecule has 0 radical (unpaired) electrons. The summed E-state index contributed by atoms with van der Waals surface area (Å²) in [6, 6.07) is 6.50. The Morgan fingerprint density at radius 3 is 2.12 bits per heavy atom. The second kappa shape index (κ2) is 16.0. The number of carbonyl (C=O) groups is 6. The Hall–Kier alpha value is -4.58. The van der Waals surface area contributed by atoms with Gasteiger partial charge in [0.15, 0.2) is 17.5 Å². The Morgan fingerprint density at radius 1 is 0.983 bits per heavy atom. The molecule has 1 heterocycles. The topological polar surface area (TPSA) is 240 Å². The van der Waals surface area contributed by atoms with Crippen molar-refractivity contribution in [1.29, 1.82) is 0 Å². The maximum atomic E-state index is 15.4. The standard InChI is InChI=1S/C43H59NO16/c1-21-24(57-35(50)28(47)31(38(3,4)5)44-36(51)59-39(6,7)8)19-43(53)33(58-34(49)23-16-14-13-15-17-23)30-41(11,32(48)29(56-22(2)45)27(21)40(43,9)10)25(46)18-26-42(30,20-55-26)60-37(52)54-12/h13-17,21,24-26,28,30-31,33,46-47,53H,18-20H2,1-12H3,(H,44,51)/t21?,24-,25-,26?,28+,30?,31+,33?,41+,42-,43+/m0/s1. The van der Waals surface area contributed by atoms with E-state index in [1.54, 1.807) is 66.7 Å². The molecule has 5 rings (SSSR count). The number of rotatable bonds is 8. The van der Waals surface area contributed by atoms with Crippen molar-refractivity contribution in [3.63, 3.8) is 0 Å². The fourth-order valence-electron chi connectivity index (χ4n) is 9.51. The zero-order valence-corrected chi connectivity index (χ0v) is 36.3. The fraction of sp³-hybridized carbons (Fsp3) is 0.674. The van der Waals surface area contributed by atoms with Crippen LogP contribution in [0.4, 0.5) is 9.59 Å². The van der Waals surface area contributed by atoms with Crippen LogP contribution in [-0.2, 0) is 47.5 Å². The molecule has 11 atom stereocenters. The molecule has 1 aromatic rings. The number of amides is 1. The molecule has 3 aliphatic carbocycles. The number of allylic oxidation sites excluding steroid dienone is 1. The minimum Gasteiger partial charge on any atom is -0.460 e. The molecule has 1 aliphatic heterocycles. The van der Waals surface area contributed by atoms with E-state index >= 15 is 4.79 Å². The van der Waals surface area contributed by atoms with E-state index in [1.165, 1.54) is 32.9 Å². The summed E-state index contributed by atoms with van der Waals surface area (Å²) >= 11 is 0. The number of benzene rings is 1. The van der Waals surface area contributed by atoms with Crippen molar-refractivity contribution in [2.45, 2.75) is 142 Å². The van der Waals surface area contributed by atoms with Crippen LogP contribution in [0.3, 0.4) is 0 Å². The van der Waals surface area contributed by atoms with E-state index in [4.69, 9.17) is 33.2 Å². The molecule has 17 nitrogen and oxygen atoms in total. The average Bonchev–Trinajstić information content (AvgIpc) is 3.13. The van der Waals surface area contributed by atoms with Crippen molar-refractivity contribution in [3.8, 4) is 0 Å². The highest BCUT2D eigenvalue weighted by molar-refractivity contribution is 6.02. The number of esters is 3. The molecular formula is C43H59NO16. The Morgan fingerprint density at radius 2 is 1.60 bits per heavy atom. The van der Waals surface area contributed by atoms with Gasteiger partial charge in [0, 0.05) is 31.1 Å². The van der Waals surface area contributed by atoms with Gasteiger partial charge in [-0.2, -0.15) is 0 Å². The number of carbonyl (C=O) groups excluding carboxylic acids is 6. The number of nitrogens with one attached hydrogen (secondary N) is 1. The zero-order chi connectivity index (χ0) is 45.1. The monoisotopic (exact) mass is 845 g/mol. The number of alkyl carbamates (subject to hydrolysis) is 1. The van der Waals surface area contributed by atoms with E-state index in [0.29, 0.717) is 0 Å². The lowest BCUT2D eigenvalue weighted by Gasteiger charge is -2.67. The third-order valence-corrected chi connectivity index (χ3v) is 12.7. The van der Waals surface area contributed by atoms with Crippen LogP contribution in [0.2, 0.25) is 0 Å². The molecule has 0 spiro atoms. The van der Waals surface area contributed by atoms with Gasteiger partial charge < -0.3 is 53.8 Å². The van der Waals surface area contributed by atoms with Crippen LogP contribution in [0.5, 0.6) is 0 Å². The Balaban J connectivity index is 1.74. The van der Waals surface area contributed by atoms with Gasteiger partial charge >= 0.3 is 30.2 Å². The number of ether oxygens (including phenoxy) is 7. The van der Waals surface area contributed by atoms with Crippen molar-refractivity contribution in [3.05, 3.63) is 47.2 Å². The van der Waals surface area contributed by atoms with Crippen LogP contribution in [0, 0.1) is 28.1 Å². The van der Waals surface area contributed by atoms with Gasteiger partial charge in [0.2, 0.25) is 5.78 Å². The molecule has 1 saturated heterocycles. The second-order valence-electron chi connectivity index (χ2n) is 19.1. The largest absolute Gasteiger partial charge is 0.508 e. The molecule has 332 valence electrons. The summed E-state index contributed by atoms with van der Waals surface area (Å²) in [4.78, 5) is 82.7. The van der Waals surface area contributed by atoms with Gasteiger partial charge in [-0.25, -0.2) is 19.2 Å². The highest BCUT2D eigenvalue weighted by Crippen LogP contribution is 2.65. The summed E-state index contributed by atoms with van der Waals surface area (Å²) in [5, 5.41) is 39.8. The number of ketones is 1. The first-order valence-corrected chi connectivity index (χ1v) is 20.0. The van der Waals surface area contributed by atoms with Crippen molar-refractivity contribution < 1.29 is 77.2 Å². The summed E-state index contributed by atoms with van der Waals surface area (Å²) in [6.07, 6.45) is -10.9. The minimum absolute atomic E-state index is 0.0226. The normalized spacial score (nSPS) is 33.1. The molecule has 4 aliphatic rings. The molecule has 60 heavy (non-hydrogen) atoms. The summed E-state index contributed by atoms with van der Waals surface area (Å²) < 4.78 is 40.2. The van der Waals surface area contributed by atoms with Crippen molar-refractivity contribution >= 4 is 35.9 Å². The third kappa shape index (κ3) is 8.00. The van der Waals surface area contributed by atoms with Gasteiger partial charge in [-0.3, -0.25) is 9.59 Å². The van der Waals surface area contributed by atoms with Gasteiger partial charge in [0.25, 0.3) is 0 Å².